The molecule has 11 nitrogen and oxygen atoms in total. The number of fused-ring (bicyclic) bond motifs is 1. The van der Waals surface area contributed by atoms with Gasteiger partial charge in [0.05, 0.1) is 6.54 Å². The predicted octanol–water partition coefficient (Wildman–Crippen LogP) is 0.971. The van der Waals surface area contributed by atoms with E-state index in [1.807, 2.05) is 24.3 Å². The molecule has 11 heteroatoms. The van der Waals surface area contributed by atoms with Gasteiger partial charge in [0.2, 0.25) is 5.95 Å². The van der Waals surface area contributed by atoms with Crippen LogP contribution in [-0.4, -0.2) is 54.0 Å². The summed E-state index contributed by atoms with van der Waals surface area (Å²) in [6.07, 6.45) is -0.920. The molecular weight excluding hydrogens is 454 g/mol. The first-order valence-corrected chi connectivity index (χ1v) is 10.9. The molecule has 0 saturated carbocycles. The lowest BCUT2D eigenvalue weighted by Crippen LogP contribution is -2.34. The Morgan fingerprint density at radius 2 is 1.77 bits per heavy atom. The summed E-state index contributed by atoms with van der Waals surface area (Å²) in [7, 11) is 1.44. The van der Waals surface area contributed by atoms with Crippen LogP contribution < -0.4 is 21.3 Å². The molecule has 35 heavy (non-hydrogen) atoms. The van der Waals surface area contributed by atoms with Crippen LogP contribution in [0.4, 0.5) is 5.95 Å². The van der Waals surface area contributed by atoms with Crippen molar-refractivity contribution in [3.8, 4) is 5.75 Å². The highest BCUT2D eigenvalue weighted by Gasteiger charge is 2.25. The van der Waals surface area contributed by atoms with Gasteiger partial charge in [0, 0.05) is 13.5 Å². The normalized spacial score (nSPS) is 12.9. The van der Waals surface area contributed by atoms with Crippen molar-refractivity contribution in [2.24, 2.45) is 7.05 Å². The Kier molecular flexibility index (Phi) is 6.97. The molecule has 0 saturated heterocycles. The van der Waals surface area contributed by atoms with E-state index in [2.05, 4.69) is 15.3 Å². The minimum atomic E-state index is -1.12. The Morgan fingerprint density at radius 1 is 1.11 bits per heavy atom. The van der Waals surface area contributed by atoms with E-state index >= 15 is 0 Å². The predicted molar refractivity (Wildman–Crippen MR) is 129 cm³/mol. The third-order valence-corrected chi connectivity index (χ3v) is 5.47. The van der Waals surface area contributed by atoms with Gasteiger partial charge in [-0.05, 0) is 17.7 Å². The van der Waals surface area contributed by atoms with Crippen molar-refractivity contribution < 1.29 is 19.7 Å². The number of imidazole rings is 1. The lowest BCUT2D eigenvalue weighted by molar-refractivity contribution is -0.137. The van der Waals surface area contributed by atoms with Crippen molar-refractivity contribution in [3.63, 3.8) is 0 Å². The highest BCUT2D eigenvalue weighted by Crippen LogP contribution is 2.19. The molecule has 2 atom stereocenters. The second-order valence-corrected chi connectivity index (χ2v) is 8.04. The number of carbonyl (C=O) groups is 1. The number of carboxylic acids is 1. The molecule has 0 radical (unpaired) electrons. The zero-order chi connectivity index (χ0) is 24.9. The fourth-order valence-electron chi connectivity index (χ4n) is 3.70. The molecule has 0 spiro atoms. The maximum Gasteiger partial charge on any atom is 0.329 e. The molecule has 2 aromatic carbocycles. The maximum absolute atomic E-state index is 12.7. The monoisotopic (exact) mass is 479 g/mol. The average molecular weight is 479 g/mol. The number of aryl methyl sites for hydroxylation is 1. The number of carboxylic acid groups (broad SMARTS) is 1. The first-order chi connectivity index (χ1) is 16.8. The van der Waals surface area contributed by atoms with E-state index in [1.54, 1.807) is 36.4 Å². The molecule has 4 N–H and O–H groups in total. The number of nitrogens with zero attached hydrogens (tertiary/aromatic N) is 3. The Bertz CT molecular complexity index is 1430. The fourth-order valence-corrected chi connectivity index (χ4v) is 3.70. The summed E-state index contributed by atoms with van der Waals surface area (Å²) in [6, 6.07) is 16.9. The van der Waals surface area contributed by atoms with Gasteiger partial charge in [0.25, 0.3) is 5.56 Å². The standard InChI is InChI=1S/C24H25N5O6/c1-28-20-19(21(31)27-24(28)34)29(13-16(30)14-35-17-10-6-3-7-11-17)23(26-20)25-18(22(32)33)12-15-8-4-2-5-9-15/h2-11,16,18,30H,12-14H2,1H3,(H,25,26)(H,32,33)(H,27,31,34)/t16-,18+/m0/s1. The topological polar surface area (TPSA) is 151 Å². The van der Waals surface area contributed by atoms with Crippen LogP contribution in [-0.2, 0) is 24.8 Å². The van der Waals surface area contributed by atoms with Crippen molar-refractivity contribution >= 4 is 23.1 Å². The molecule has 182 valence electrons. The van der Waals surface area contributed by atoms with Gasteiger partial charge >= 0.3 is 11.7 Å². The summed E-state index contributed by atoms with van der Waals surface area (Å²) < 4.78 is 8.12. The Morgan fingerprint density at radius 3 is 2.43 bits per heavy atom. The molecular formula is C24H25N5O6. The fraction of sp³-hybridized carbons (Fsp3) is 0.250. The summed E-state index contributed by atoms with van der Waals surface area (Å²) in [6.45, 7) is -0.218. The van der Waals surface area contributed by atoms with Crippen LogP contribution in [0.2, 0.25) is 0 Å². The van der Waals surface area contributed by atoms with E-state index in [9.17, 15) is 24.6 Å². The van der Waals surface area contributed by atoms with Crippen LogP contribution in [0.3, 0.4) is 0 Å². The first kappa shape index (κ1) is 23.8. The van der Waals surface area contributed by atoms with Gasteiger partial charge in [0.1, 0.15) is 24.5 Å². The number of ether oxygens (including phenoxy) is 1. The summed E-state index contributed by atoms with van der Waals surface area (Å²) in [5.41, 5.74) is -0.490. The van der Waals surface area contributed by atoms with Crippen molar-refractivity contribution in [2.75, 3.05) is 11.9 Å². The van der Waals surface area contributed by atoms with Gasteiger partial charge in [-0.25, -0.2) is 9.59 Å². The lowest BCUT2D eigenvalue weighted by Gasteiger charge is -2.19. The van der Waals surface area contributed by atoms with Crippen LogP contribution >= 0.6 is 0 Å². The van der Waals surface area contributed by atoms with Crippen LogP contribution in [0, 0.1) is 0 Å². The molecule has 0 unspecified atom stereocenters. The maximum atomic E-state index is 12.7. The highest BCUT2D eigenvalue weighted by atomic mass is 16.5. The minimum Gasteiger partial charge on any atom is -0.491 e. The van der Waals surface area contributed by atoms with Gasteiger partial charge < -0.3 is 24.8 Å². The van der Waals surface area contributed by atoms with Gasteiger partial charge in [-0.15, -0.1) is 0 Å². The molecule has 0 fully saturated rings. The van der Waals surface area contributed by atoms with Crippen LogP contribution in [0.5, 0.6) is 5.75 Å². The van der Waals surface area contributed by atoms with Crippen molar-refractivity contribution in [2.45, 2.75) is 25.1 Å². The van der Waals surface area contributed by atoms with E-state index in [0.717, 1.165) is 10.1 Å². The van der Waals surface area contributed by atoms with Crippen molar-refractivity contribution in [1.82, 2.24) is 19.1 Å². The Balaban J connectivity index is 1.67. The van der Waals surface area contributed by atoms with Crippen LogP contribution in [0.25, 0.3) is 11.2 Å². The quantitative estimate of drug-likeness (QED) is 0.263. The molecule has 4 aromatic rings. The first-order valence-electron chi connectivity index (χ1n) is 10.9. The number of nitrogens with one attached hydrogen (secondary N) is 2. The van der Waals surface area contributed by atoms with Gasteiger partial charge in [-0.3, -0.25) is 14.3 Å². The zero-order valence-corrected chi connectivity index (χ0v) is 18.9. The zero-order valence-electron chi connectivity index (χ0n) is 18.9. The SMILES string of the molecule is Cn1c(=O)[nH]c(=O)c2c1nc(N[C@H](Cc1ccccc1)C(=O)O)n2C[C@H](O)COc1ccccc1. The molecule has 0 amide bonds. The largest absolute Gasteiger partial charge is 0.491 e. The molecule has 2 aromatic heterocycles. The molecule has 4 rings (SSSR count). The number of aromatic amines is 1. The number of aliphatic hydroxyl groups is 1. The molecule has 2 heterocycles. The lowest BCUT2D eigenvalue weighted by atomic mass is 10.1. The molecule has 0 aliphatic heterocycles. The molecule has 0 aliphatic carbocycles. The Labute approximate surface area is 199 Å². The summed E-state index contributed by atoms with van der Waals surface area (Å²) >= 11 is 0. The highest BCUT2D eigenvalue weighted by molar-refractivity contribution is 5.79. The van der Waals surface area contributed by atoms with E-state index in [-0.39, 0.29) is 36.7 Å². The van der Waals surface area contributed by atoms with E-state index in [4.69, 9.17) is 4.74 Å². The summed E-state index contributed by atoms with van der Waals surface area (Å²) in [5.74, 6) is -0.522. The number of aliphatic carboxylic acids is 1. The number of benzene rings is 2. The third-order valence-electron chi connectivity index (χ3n) is 5.47. The van der Waals surface area contributed by atoms with Crippen molar-refractivity contribution in [3.05, 3.63) is 87.1 Å². The van der Waals surface area contributed by atoms with Gasteiger partial charge in [-0.1, -0.05) is 48.5 Å². The van der Waals surface area contributed by atoms with E-state index in [0.29, 0.717) is 5.75 Å². The van der Waals surface area contributed by atoms with E-state index < -0.39 is 29.4 Å². The number of rotatable bonds is 10. The van der Waals surface area contributed by atoms with Crippen LogP contribution in [0.15, 0.2) is 70.3 Å². The average Bonchev–Trinajstić information content (AvgIpc) is 3.20. The number of H-pyrrole nitrogens is 1. The number of hydrogen-bond acceptors (Lipinski definition) is 7. The minimum absolute atomic E-state index is 0.0252. The Hall–Kier alpha value is -4.38. The van der Waals surface area contributed by atoms with Gasteiger partial charge in [0.15, 0.2) is 11.2 Å². The van der Waals surface area contributed by atoms with Crippen molar-refractivity contribution in [1.29, 1.82) is 0 Å². The summed E-state index contributed by atoms with van der Waals surface area (Å²) in [5, 5.41) is 23.3. The number of aliphatic hydroxyl groups excluding tert-OH is 1. The number of hydrogen-bond donors (Lipinski definition) is 4. The summed E-state index contributed by atoms with van der Waals surface area (Å²) in [4.78, 5) is 43.3. The van der Waals surface area contributed by atoms with E-state index in [1.165, 1.54) is 11.6 Å². The second kappa shape index (κ2) is 10.3. The van der Waals surface area contributed by atoms with Gasteiger partial charge in [-0.2, -0.15) is 4.98 Å². The number of anilines is 1. The smallest absolute Gasteiger partial charge is 0.329 e. The second-order valence-electron chi connectivity index (χ2n) is 8.04. The molecule has 0 aliphatic rings. The third kappa shape index (κ3) is 5.41. The molecule has 0 bridgehead atoms. The number of aromatic nitrogens is 4. The van der Waals surface area contributed by atoms with Crippen LogP contribution in [0.1, 0.15) is 5.56 Å². The number of para-hydroxylation sites is 1.